The van der Waals surface area contributed by atoms with Gasteiger partial charge >= 0.3 is 0 Å². The van der Waals surface area contributed by atoms with E-state index in [1.54, 1.807) is 0 Å². The van der Waals surface area contributed by atoms with Crippen molar-refractivity contribution >= 4 is 17.1 Å². The first kappa shape index (κ1) is 8.56. The van der Waals surface area contributed by atoms with E-state index in [2.05, 4.69) is 9.97 Å². The molecular weight excluding hydrogens is 188 g/mol. The second-order valence-corrected chi connectivity index (χ2v) is 3.64. The van der Waals surface area contributed by atoms with Gasteiger partial charge in [0.1, 0.15) is 6.10 Å². The van der Waals surface area contributed by atoms with Crippen LogP contribution in [0.4, 0.5) is 0 Å². The summed E-state index contributed by atoms with van der Waals surface area (Å²) in [5.41, 5.74) is 3.18. The molecule has 1 aromatic heterocycles. The Morgan fingerprint density at radius 2 is 1.87 bits per heavy atom. The molecule has 3 rings (SSSR count). The van der Waals surface area contributed by atoms with Gasteiger partial charge < -0.3 is 5.11 Å². The summed E-state index contributed by atoms with van der Waals surface area (Å²) in [7, 11) is 0. The lowest BCUT2D eigenvalue weighted by Gasteiger charge is -2.15. The van der Waals surface area contributed by atoms with Gasteiger partial charge in [-0.2, -0.15) is 0 Å². The largest absolute Gasteiger partial charge is 0.386 e. The van der Waals surface area contributed by atoms with Gasteiger partial charge in [-0.3, -0.25) is 0 Å². The van der Waals surface area contributed by atoms with Gasteiger partial charge in [0.15, 0.2) is 0 Å². The highest BCUT2D eigenvalue weighted by Crippen LogP contribution is 2.26. The van der Waals surface area contributed by atoms with Crippen molar-refractivity contribution in [3.8, 4) is 0 Å². The second kappa shape index (κ2) is 3.14. The van der Waals surface area contributed by atoms with Crippen LogP contribution in [0.15, 0.2) is 30.3 Å². The van der Waals surface area contributed by atoms with E-state index in [4.69, 9.17) is 0 Å². The molecule has 0 amide bonds. The standard InChI is InChI=1S/C12H10N2O/c15-11-7-3-6-10-12(11)14-9-5-2-1-4-8(9)13-10/h1-6,11,15H,7H2. The summed E-state index contributed by atoms with van der Waals surface area (Å²) in [5, 5.41) is 9.77. The fourth-order valence-corrected chi connectivity index (χ4v) is 1.82. The summed E-state index contributed by atoms with van der Waals surface area (Å²) in [6.45, 7) is 0. The molecule has 1 aliphatic rings. The quantitative estimate of drug-likeness (QED) is 0.705. The number of hydrogen-bond acceptors (Lipinski definition) is 3. The van der Waals surface area contributed by atoms with Crippen molar-refractivity contribution in [1.82, 2.24) is 9.97 Å². The van der Waals surface area contributed by atoms with Gasteiger partial charge in [-0.25, -0.2) is 9.97 Å². The van der Waals surface area contributed by atoms with E-state index in [0.717, 1.165) is 16.7 Å². The van der Waals surface area contributed by atoms with Crippen LogP contribution in [-0.4, -0.2) is 15.1 Å². The lowest BCUT2D eigenvalue weighted by molar-refractivity contribution is 0.175. The average Bonchev–Trinajstić information content (AvgIpc) is 2.27. The molecule has 0 spiro atoms. The molecule has 0 fully saturated rings. The number of para-hydroxylation sites is 2. The zero-order valence-corrected chi connectivity index (χ0v) is 8.09. The van der Waals surface area contributed by atoms with Crippen molar-refractivity contribution in [2.75, 3.05) is 0 Å². The van der Waals surface area contributed by atoms with E-state index >= 15 is 0 Å². The zero-order valence-electron chi connectivity index (χ0n) is 8.09. The highest BCUT2D eigenvalue weighted by Gasteiger charge is 2.17. The number of hydrogen-bond donors (Lipinski definition) is 1. The molecule has 0 saturated carbocycles. The highest BCUT2D eigenvalue weighted by atomic mass is 16.3. The third-order valence-corrected chi connectivity index (χ3v) is 2.58. The average molecular weight is 198 g/mol. The van der Waals surface area contributed by atoms with Crippen molar-refractivity contribution < 1.29 is 5.11 Å². The Kier molecular flexibility index (Phi) is 1.79. The summed E-state index contributed by atoms with van der Waals surface area (Å²) in [6, 6.07) is 7.70. The fraction of sp³-hybridized carbons (Fsp3) is 0.167. The van der Waals surface area contributed by atoms with Gasteiger partial charge in [-0.1, -0.05) is 18.2 Å². The van der Waals surface area contributed by atoms with Crippen LogP contribution in [0.5, 0.6) is 0 Å². The van der Waals surface area contributed by atoms with Gasteiger partial charge in [0.2, 0.25) is 0 Å². The first-order valence-electron chi connectivity index (χ1n) is 4.96. The Hall–Kier alpha value is -1.74. The summed E-state index contributed by atoms with van der Waals surface area (Å²) in [5.74, 6) is 0. The number of rotatable bonds is 0. The van der Waals surface area contributed by atoms with E-state index < -0.39 is 6.10 Å². The number of benzene rings is 1. The third-order valence-electron chi connectivity index (χ3n) is 2.58. The number of aromatic nitrogens is 2. The Labute approximate surface area is 87.1 Å². The van der Waals surface area contributed by atoms with E-state index in [-0.39, 0.29) is 0 Å². The Morgan fingerprint density at radius 1 is 1.13 bits per heavy atom. The SMILES string of the molecule is OC1CC=Cc2nc3ccccc3nc21. The lowest BCUT2D eigenvalue weighted by atomic mass is 10.0. The minimum atomic E-state index is -0.512. The number of aliphatic hydroxyl groups is 1. The van der Waals surface area contributed by atoms with Crippen LogP contribution in [0.3, 0.4) is 0 Å². The molecule has 1 unspecified atom stereocenters. The van der Waals surface area contributed by atoms with Crippen LogP contribution in [0, 0.1) is 0 Å². The molecule has 1 atom stereocenters. The maximum atomic E-state index is 9.77. The van der Waals surface area contributed by atoms with Crippen LogP contribution < -0.4 is 0 Å². The molecule has 15 heavy (non-hydrogen) atoms. The summed E-state index contributed by atoms with van der Waals surface area (Å²) in [6.07, 6.45) is 3.96. The molecule has 74 valence electrons. The molecular formula is C12H10N2O. The van der Waals surface area contributed by atoms with Crippen molar-refractivity contribution in [3.63, 3.8) is 0 Å². The second-order valence-electron chi connectivity index (χ2n) is 3.64. The zero-order chi connectivity index (χ0) is 10.3. The molecule has 0 aliphatic heterocycles. The first-order chi connectivity index (χ1) is 7.34. The highest BCUT2D eigenvalue weighted by molar-refractivity contribution is 5.76. The summed E-state index contributed by atoms with van der Waals surface area (Å²) >= 11 is 0. The van der Waals surface area contributed by atoms with Crippen LogP contribution in [0.2, 0.25) is 0 Å². The molecule has 3 heteroatoms. The fourth-order valence-electron chi connectivity index (χ4n) is 1.82. The monoisotopic (exact) mass is 198 g/mol. The Balaban J connectivity index is 2.33. The maximum absolute atomic E-state index is 9.77. The van der Waals surface area contributed by atoms with Crippen LogP contribution in [0.25, 0.3) is 17.1 Å². The predicted octanol–water partition coefficient (Wildman–Crippen LogP) is 2.08. The molecule has 1 heterocycles. The molecule has 0 saturated heterocycles. The molecule has 0 bridgehead atoms. The van der Waals surface area contributed by atoms with Gasteiger partial charge in [0, 0.05) is 0 Å². The molecule has 1 N–H and O–H groups in total. The molecule has 1 aliphatic carbocycles. The van der Waals surface area contributed by atoms with Crippen molar-refractivity contribution in [1.29, 1.82) is 0 Å². The van der Waals surface area contributed by atoms with Gasteiger partial charge in [-0.05, 0) is 24.6 Å². The van der Waals surface area contributed by atoms with Crippen molar-refractivity contribution in [2.45, 2.75) is 12.5 Å². The predicted molar refractivity (Wildman–Crippen MR) is 58.1 cm³/mol. The van der Waals surface area contributed by atoms with Crippen molar-refractivity contribution in [2.24, 2.45) is 0 Å². The van der Waals surface area contributed by atoms with Crippen molar-refractivity contribution in [3.05, 3.63) is 41.7 Å². The van der Waals surface area contributed by atoms with E-state index in [1.807, 2.05) is 36.4 Å². The normalized spacial score (nSPS) is 19.1. The Bertz CT molecular complexity index is 548. The minimum absolute atomic E-state index is 0.512. The van der Waals surface area contributed by atoms with Gasteiger partial charge in [-0.15, -0.1) is 0 Å². The molecule has 1 aromatic carbocycles. The number of fused-ring (bicyclic) bond motifs is 2. The topological polar surface area (TPSA) is 46.0 Å². The smallest absolute Gasteiger partial charge is 0.102 e. The van der Waals surface area contributed by atoms with Crippen LogP contribution >= 0.6 is 0 Å². The maximum Gasteiger partial charge on any atom is 0.102 e. The lowest BCUT2D eigenvalue weighted by Crippen LogP contribution is -2.07. The van der Waals surface area contributed by atoms with E-state index in [9.17, 15) is 5.11 Å². The van der Waals surface area contributed by atoms with Gasteiger partial charge in [0.25, 0.3) is 0 Å². The number of nitrogens with zero attached hydrogens (tertiary/aromatic N) is 2. The third kappa shape index (κ3) is 1.32. The minimum Gasteiger partial charge on any atom is -0.386 e. The van der Waals surface area contributed by atoms with Crippen LogP contribution in [-0.2, 0) is 0 Å². The number of aliphatic hydroxyl groups excluding tert-OH is 1. The summed E-state index contributed by atoms with van der Waals surface area (Å²) < 4.78 is 0. The van der Waals surface area contributed by atoms with E-state index in [1.165, 1.54) is 0 Å². The molecule has 2 aromatic rings. The Morgan fingerprint density at radius 3 is 2.67 bits per heavy atom. The van der Waals surface area contributed by atoms with Gasteiger partial charge in [0.05, 0.1) is 22.4 Å². The van der Waals surface area contributed by atoms with Crippen LogP contribution in [0.1, 0.15) is 23.9 Å². The molecule has 3 nitrogen and oxygen atoms in total. The summed E-state index contributed by atoms with van der Waals surface area (Å²) in [4.78, 5) is 8.89. The van der Waals surface area contributed by atoms with E-state index in [0.29, 0.717) is 12.1 Å². The first-order valence-corrected chi connectivity index (χ1v) is 4.96. The molecule has 0 radical (unpaired) electrons.